The topological polar surface area (TPSA) is 96.0 Å². The number of nitriles is 1. The molecule has 1 amide bonds. The highest BCUT2D eigenvalue weighted by Crippen LogP contribution is 2.28. The molecule has 0 aliphatic heterocycles. The Bertz CT molecular complexity index is 865. The van der Waals surface area contributed by atoms with Crippen LogP contribution in [0.25, 0.3) is 6.08 Å². The van der Waals surface area contributed by atoms with E-state index in [4.69, 9.17) is 0 Å². The lowest BCUT2D eigenvalue weighted by Gasteiger charge is -2.07. The summed E-state index contributed by atoms with van der Waals surface area (Å²) < 4.78 is 0. The predicted molar refractivity (Wildman–Crippen MR) is 95.8 cm³/mol. The number of carbonyl (C=O) groups excluding carboxylic acids is 1. The molecule has 0 saturated carbocycles. The number of carbonyl (C=O) groups is 1. The van der Waals surface area contributed by atoms with Gasteiger partial charge in [-0.25, -0.2) is 0 Å². The predicted octanol–water partition coefficient (Wildman–Crippen LogP) is 4.26. The molecule has 6 nitrogen and oxygen atoms in total. The van der Waals surface area contributed by atoms with E-state index in [1.54, 1.807) is 36.4 Å². The second kappa shape index (κ2) is 7.88. The van der Waals surface area contributed by atoms with Gasteiger partial charge >= 0.3 is 0 Å². The number of amides is 1. The van der Waals surface area contributed by atoms with Crippen molar-refractivity contribution >= 4 is 23.4 Å². The van der Waals surface area contributed by atoms with Crippen molar-refractivity contribution in [3.05, 3.63) is 75.3 Å². The van der Waals surface area contributed by atoms with Crippen LogP contribution in [0.5, 0.6) is 0 Å². The average Bonchev–Trinajstić information content (AvgIpc) is 2.60. The van der Waals surface area contributed by atoms with Crippen LogP contribution in [0, 0.1) is 21.4 Å². The molecule has 0 unspecified atom stereocenters. The highest BCUT2D eigenvalue weighted by Gasteiger charge is 2.17. The quantitative estimate of drug-likeness (QED) is 0.382. The second-order valence-corrected chi connectivity index (χ2v) is 5.72. The summed E-state index contributed by atoms with van der Waals surface area (Å²) in [5, 5.41) is 23.1. The van der Waals surface area contributed by atoms with Gasteiger partial charge in [-0.3, -0.25) is 14.9 Å². The summed E-state index contributed by atoms with van der Waals surface area (Å²) in [7, 11) is 0. The SMILES string of the molecule is CC(C)c1ccc(/C=C(\C#N)C(=O)Nc2ccccc2)cc1[N+](=O)[O-]. The van der Waals surface area contributed by atoms with Gasteiger partial charge in [0, 0.05) is 17.3 Å². The maximum Gasteiger partial charge on any atom is 0.273 e. The number of nitrogens with one attached hydrogen (secondary N) is 1. The van der Waals surface area contributed by atoms with Gasteiger partial charge in [0.1, 0.15) is 11.6 Å². The minimum atomic E-state index is -0.565. The minimum absolute atomic E-state index is 0.00440. The van der Waals surface area contributed by atoms with Gasteiger partial charge in [0.15, 0.2) is 0 Å². The lowest BCUT2D eigenvalue weighted by molar-refractivity contribution is -0.385. The first-order valence-corrected chi connectivity index (χ1v) is 7.69. The molecule has 0 saturated heterocycles. The summed E-state index contributed by atoms with van der Waals surface area (Å²) in [6.07, 6.45) is 1.34. The smallest absolute Gasteiger partial charge is 0.273 e. The number of nitro groups is 1. The molecule has 25 heavy (non-hydrogen) atoms. The first kappa shape index (κ1) is 17.9. The largest absolute Gasteiger partial charge is 0.321 e. The summed E-state index contributed by atoms with van der Waals surface area (Å²) in [6, 6.07) is 15.3. The van der Waals surface area contributed by atoms with Crippen molar-refractivity contribution in [2.45, 2.75) is 19.8 Å². The van der Waals surface area contributed by atoms with Crippen LogP contribution in [0.1, 0.15) is 30.9 Å². The van der Waals surface area contributed by atoms with E-state index >= 15 is 0 Å². The summed E-state index contributed by atoms with van der Waals surface area (Å²) >= 11 is 0. The van der Waals surface area contributed by atoms with Crippen LogP contribution in [-0.4, -0.2) is 10.8 Å². The number of hydrogen-bond donors (Lipinski definition) is 1. The molecule has 126 valence electrons. The van der Waals surface area contributed by atoms with Crippen molar-refractivity contribution in [2.75, 3.05) is 5.32 Å². The molecule has 0 radical (unpaired) electrons. The van der Waals surface area contributed by atoms with Crippen LogP contribution in [0.15, 0.2) is 54.1 Å². The summed E-state index contributed by atoms with van der Waals surface area (Å²) in [4.78, 5) is 23.0. The van der Waals surface area contributed by atoms with Crippen LogP contribution in [-0.2, 0) is 4.79 Å². The Morgan fingerprint density at radius 2 is 1.92 bits per heavy atom. The van der Waals surface area contributed by atoms with E-state index < -0.39 is 10.8 Å². The van der Waals surface area contributed by atoms with Crippen LogP contribution < -0.4 is 5.32 Å². The molecule has 1 N–H and O–H groups in total. The zero-order valence-corrected chi connectivity index (χ0v) is 13.9. The van der Waals surface area contributed by atoms with E-state index in [1.807, 2.05) is 26.0 Å². The number of anilines is 1. The normalized spacial score (nSPS) is 11.0. The van der Waals surface area contributed by atoms with Gasteiger partial charge in [0.2, 0.25) is 0 Å². The maximum absolute atomic E-state index is 12.2. The number of hydrogen-bond acceptors (Lipinski definition) is 4. The van der Waals surface area contributed by atoms with Gasteiger partial charge in [-0.2, -0.15) is 5.26 Å². The number of para-hydroxylation sites is 1. The van der Waals surface area contributed by atoms with E-state index in [9.17, 15) is 20.2 Å². The fraction of sp³-hybridized carbons (Fsp3) is 0.158. The van der Waals surface area contributed by atoms with Gasteiger partial charge in [-0.1, -0.05) is 44.2 Å². The molecule has 0 aromatic heterocycles. The van der Waals surface area contributed by atoms with E-state index in [0.717, 1.165) is 0 Å². The lowest BCUT2D eigenvalue weighted by Crippen LogP contribution is -2.13. The molecule has 0 aliphatic carbocycles. The molecule has 0 aliphatic rings. The molecular weight excluding hydrogens is 318 g/mol. The summed E-state index contributed by atoms with van der Waals surface area (Å²) in [5.41, 5.74) is 1.44. The Kier molecular flexibility index (Phi) is 5.64. The standard InChI is InChI=1S/C19H17N3O3/c1-13(2)17-9-8-14(11-18(17)22(24)25)10-15(12-20)19(23)21-16-6-4-3-5-7-16/h3-11,13H,1-2H3,(H,21,23)/b15-10+. The van der Waals surface area contributed by atoms with Gasteiger partial charge in [0.25, 0.3) is 11.6 Å². The molecule has 2 aromatic rings. The van der Waals surface area contributed by atoms with Crippen molar-refractivity contribution in [1.82, 2.24) is 0 Å². The fourth-order valence-corrected chi connectivity index (χ4v) is 2.33. The first-order chi connectivity index (χ1) is 11.9. The van der Waals surface area contributed by atoms with Gasteiger partial charge in [-0.15, -0.1) is 0 Å². The van der Waals surface area contributed by atoms with Crippen molar-refractivity contribution in [3.8, 4) is 6.07 Å². The van der Waals surface area contributed by atoms with Crippen molar-refractivity contribution in [1.29, 1.82) is 5.26 Å². The average molecular weight is 335 g/mol. The highest BCUT2D eigenvalue weighted by molar-refractivity contribution is 6.09. The molecule has 0 bridgehead atoms. The van der Waals surface area contributed by atoms with Gasteiger partial charge in [0.05, 0.1) is 4.92 Å². The second-order valence-electron chi connectivity index (χ2n) is 5.72. The Balaban J connectivity index is 2.33. The maximum atomic E-state index is 12.2. The van der Waals surface area contributed by atoms with Crippen LogP contribution in [0.4, 0.5) is 11.4 Å². The molecular formula is C19H17N3O3. The fourth-order valence-electron chi connectivity index (χ4n) is 2.33. The third-order valence-electron chi connectivity index (χ3n) is 3.58. The van der Waals surface area contributed by atoms with E-state index in [-0.39, 0.29) is 17.2 Å². The summed E-state index contributed by atoms with van der Waals surface area (Å²) in [6.45, 7) is 3.73. The van der Waals surface area contributed by atoms with Gasteiger partial charge < -0.3 is 5.32 Å². The van der Waals surface area contributed by atoms with Crippen LogP contribution in [0.2, 0.25) is 0 Å². The molecule has 0 spiro atoms. The van der Waals surface area contributed by atoms with Crippen LogP contribution in [0.3, 0.4) is 0 Å². The third kappa shape index (κ3) is 4.52. The zero-order valence-electron chi connectivity index (χ0n) is 13.9. The first-order valence-electron chi connectivity index (χ1n) is 7.69. The van der Waals surface area contributed by atoms with Crippen molar-refractivity contribution < 1.29 is 9.72 Å². The van der Waals surface area contributed by atoms with E-state index in [0.29, 0.717) is 16.8 Å². The van der Waals surface area contributed by atoms with Crippen molar-refractivity contribution in [2.24, 2.45) is 0 Å². The van der Waals surface area contributed by atoms with E-state index in [1.165, 1.54) is 12.1 Å². The number of nitro benzene ring substituents is 1. The van der Waals surface area contributed by atoms with E-state index in [2.05, 4.69) is 5.32 Å². The highest BCUT2D eigenvalue weighted by atomic mass is 16.6. The number of rotatable bonds is 5. The molecule has 0 atom stereocenters. The Morgan fingerprint density at radius 1 is 1.24 bits per heavy atom. The molecule has 2 aromatic carbocycles. The van der Waals surface area contributed by atoms with Crippen LogP contribution >= 0.6 is 0 Å². The lowest BCUT2D eigenvalue weighted by atomic mass is 9.98. The molecule has 2 rings (SSSR count). The number of benzene rings is 2. The Labute approximate surface area is 145 Å². The zero-order chi connectivity index (χ0) is 18.4. The molecule has 6 heteroatoms. The molecule has 0 heterocycles. The third-order valence-corrected chi connectivity index (χ3v) is 3.58. The Hall–Kier alpha value is -3.46. The van der Waals surface area contributed by atoms with Crippen molar-refractivity contribution in [3.63, 3.8) is 0 Å². The number of nitrogens with zero attached hydrogens (tertiary/aromatic N) is 2. The molecule has 0 fully saturated rings. The van der Waals surface area contributed by atoms with Gasteiger partial charge in [-0.05, 0) is 29.7 Å². The summed E-state index contributed by atoms with van der Waals surface area (Å²) in [5.74, 6) is -0.570. The minimum Gasteiger partial charge on any atom is -0.321 e. The Morgan fingerprint density at radius 3 is 2.48 bits per heavy atom. The monoisotopic (exact) mass is 335 g/mol.